The van der Waals surface area contributed by atoms with E-state index >= 15 is 0 Å². The minimum absolute atomic E-state index is 0.0492. The smallest absolute Gasteiger partial charge is 0.323 e. The Kier molecular flexibility index (Phi) is 5.21. The van der Waals surface area contributed by atoms with Crippen LogP contribution in [0.25, 0.3) is 0 Å². The van der Waals surface area contributed by atoms with E-state index in [4.69, 9.17) is 0 Å². The summed E-state index contributed by atoms with van der Waals surface area (Å²) in [5.41, 5.74) is 3.40. The first kappa shape index (κ1) is 17.9. The van der Waals surface area contributed by atoms with Crippen molar-refractivity contribution in [1.82, 2.24) is 9.88 Å². The van der Waals surface area contributed by atoms with Crippen LogP contribution in [-0.2, 0) is 17.6 Å². The number of aromatic nitrogens is 1. The molecule has 2 N–H and O–H groups in total. The predicted molar refractivity (Wildman–Crippen MR) is 96.5 cm³/mol. The molecular weight excluding hydrogens is 332 g/mol. The summed E-state index contributed by atoms with van der Waals surface area (Å²) in [4.78, 5) is 40.8. The van der Waals surface area contributed by atoms with Crippen LogP contribution in [0.15, 0.2) is 30.3 Å². The Balaban J connectivity index is 1.83. The monoisotopic (exact) mass is 354 g/mol. The van der Waals surface area contributed by atoms with Crippen LogP contribution in [-0.4, -0.2) is 45.7 Å². The van der Waals surface area contributed by atoms with Crippen molar-refractivity contribution in [3.8, 4) is 0 Å². The van der Waals surface area contributed by atoms with Gasteiger partial charge in [0.2, 0.25) is 0 Å². The molecule has 0 unspecified atom stereocenters. The van der Waals surface area contributed by atoms with Gasteiger partial charge < -0.3 is 15.0 Å². The molecule has 1 amide bonds. The number of nitrogens with zero attached hydrogens (tertiary/aromatic N) is 1. The fraction of sp³-hybridized carbons (Fsp3) is 0.350. The molecule has 0 saturated heterocycles. The minimum atomic E-state index is -1.06. The molecule has 1 aliphatic rings. The molecule has 6 nitrogen and oxygen atoms in total. The second-order valence-electron chi connectivity index (χ2n) is 6.61. The lowest BCUT2D eigenvalue weighted by atomic mass is 9.93. The third kappa shape index (κ3) is 3.69. The molecule has 1 aromatic heterocycles. The number of carbonyl (C=O) groups excluding carboxylic acids is 2. The van der Waals surface area contributed by atoms with Gasteiger partial charge in [0.25, 0.3) is 5.91 Å². The number of fused-ring (bicyclic) bond motifs is 1. The number of amides is 1. The second kappa shape index (κ2) is 7.56. The number of benzene rings is 1. The lowest BCUT2D eigenvalue weighted by Gasteiger charge is -2.20. The molecule has 0 saturated carbocycles. The van der Waals surface area contributed by atoms with E-state index in [0.717, 1.165) is 24.1 Å². The van der Waals surface area contributed by atoms with E-state index in [2.05, 4.69) is 4.98 Å². The maximum absolute atomic E-state index is 13.0. The van der Waals surface area contributed by atoms with Gasteiger partial charge in [-0.2, -0.15) is 0 Å². The molecule has 3 rings (SSSR count). The first-order valence-corrected chi connectivity index (χ1v) is 8.77. The predicted octanol–water partition coefficient (Wildman–Crippen LogP) is 2.61. The summed E-state index contributed by atoms with van der Waals surface area (Å²) < 4.78 is 0. The summed E-state index contributed by atoms with van der Waals surface area (Å²) in [5.74, 6) is -1.38. The first-order chi connectivity index (χ1) is 12.5. The van der Waals surface area contributed by atoms with Crippen molar-refractivity contribution in [1.29, 1.82) is 0 Å². The zero-order chi connectivity index (χ0) is 18.7. The van der Waals surface area contributed by atoms with Crippen molar-refractivity contribution < 1.29 is 19.5 Å². The quantitative estimate of drug-likeness (QED) is 0.834. The summed E-state index contributed by atoms with van der Waals surface area (Å²) in [6.07, 6.45) is 2.56. The highest BCUT2D eigenvalue weighted by atomic mass is 16.4. The normalized spacial score (nSPS) is 13.3. The molecule has 0 spiro atoms. The Morgan fingerprint density at radius 1 is 1.19 bits per heavy atom. The Morgan fingerprint density at radius 3 is 2.58 bits per heavy atom. The number of hydrogen-bond acceptors (Lipinski definition) is 3. The van der Waals surface area contributed by atoms with Crippen molar-refractivity contribution in [3.05, 3.63) is 58.4 Å². The Bertz CT molecular complexity index is 839. The summed E-state index contributed by atoms with van der Waals surface area (Å²) in [6.45, 7) is 1.68. The average molecular weight is 354 g/mol. The van der Waals surface area contributed by atoms with Crippen LogP contribution in [0.5, 0.6) is 0 Å². The Morgan fingerprint density at radius 2 is 1.92 bits per heavy atom. The molecule has 0 radical (unpaired) electrons. The summed E-state index contributed by atoms with van der Waals surface area (Å²) >= 11 is 0. The number of carboxylic acid groups (broad SMARTS) is 1. The fourth-order valence-corrected chi connectivity index (χ4v) is 3.47. The molecule has 0 aliphatic heterocycles. The molecule has 0 atom stereocenters. The largest absolute Gasteiger partial charge is 0.480 e. The maximum Gasteiger partial charge on any atom is 0.323 e. The van der Waals surface area contributed by atoms with Crippen molar-refractivity contribution in [2.24, 2.45) is 0 Å². The van der Waals surface area contributed by atoms with Crippen LogP contribution < -0.4 is 0 Å². The molecule has 2 aromatic rings. The molecular formula is C20H22N2O4. The van der Waals surface area contributed by atoms with E-state index in [1.54, 1.807) is 6.92 Å². The lowest BCUT2D eigenvalue weighted by molar-refractivity contribution is -0.137. The zero-order valence-electron chi connectivity index (χ0n) is 14.7. The number of carboxylic acids is 1. The molecule has 0 fully saturated rings. The maximum atomic E-state index is 13.0. The van der Waals surface area contributed by atoms with Crippen molar-refractivity contribution >= 4 is 17.7 Å². The summed E-state index contributed by atoms with van der Waals surface area (Å²) in [6, 6.07) is 9.62. The van der Waals surface area contributed by atoms with Gasteiger partial charge in [-0.25, -0.2) is 0 Å². The molecule has 1 aromatic carbocycles. The number of Topliss-reactive ketones (excluding diaryl/α,β-unsaturated/α-hetero) is 1. The van der Waals surface area contributed by atoms with E-state index in [1.165, 1.54) is 4.90 Å². The molecule has 1 aliphatic carbocycles. The van der Waals surface area contributed by atoms with Gasteiger partial charge in [0.1, 0.15) is 12.2 Å². The molecule has 0 bridgehead atoms. The van der Waals surface area contributed by atoms with E-state index in [1.807, 2.05) is 30.3 Å². The standard InChI is InChI=1S/C20H22N2O4/c1-13-18-15(8-5-9-16(18)23)21-19(13)20(26)22(12-17(24)25)11-10-14-6-3-2-4-7-14/h2-4,6-7,21H,5,8-12H2,1H3,(H,24,25). The van der Waals surface area contributed by atoms with E-state index in [9.17, 15) is 19.5 Å². The van der Waals surface area contributed by atoms with Crippen LogP contribution >= 0.6 is 0 Å². The minimum Gasteiger partial charge on any atom is -0.480 e. The number of aryl methyl sites for hydroxylation is 1. The van der Waals surface area contributed by atoms with Gasteiger partial charge in [-0.15, -0.1) is 0 Å². The van der Waals surface area contributed by atoms with E-state index < -0.39 is 5.97 Å². The number of ketones is 1. The lowest BCUT2D eigenvalue weighted by Crippen LogP contribution is -2.37. The van der Waals surface area contributed by atoms with Crippen LogP contribution in [0, 0.1) is 6.92 Å². The average Bonchev–Trinajstić information content (AvgIpc) is 2.96. The van der Waals surface area contributed by atoms with Gasteiger partial charge in [0.05, 0.1) is 0 Å². The Labute approximate surface area is 151 Å². The third-order valence-corrected chi connectivity index (χ3v) is 4.78. The molecule has 6 heteroatoms. The molecule has 1 heterocycles. The van der Waals surface area contributed by atoms with Gasteiger partial charge in [-0.05, 0) is 37.3 Å². The number of hydrogen-bond donors (Lipinski definition) is 2. The number of aromatic amines is 1. The number of rotatable bonds is 6. The highest BCUT2D eigenvalue weighted by molar-refractivity contribution is 6.04. The van der Waals surface area contributed by atoms with Gasteiger partial charge in [0.15, 0.2) is 5.78 Å². The number of H-pyrrole nitrogens is 1. The number of carbonyl (C=O) groups is 3. The second-order valence-corrected chi connectivity index (χ2v) is 6.61. The molecule has 136 valence electrons. The van der Waals surface area contributed by atoms with Gasteiger partial charge in [0, 0.05) is 24.2 Å². The summed E-state index contributed by atoms with van der Waals surface area (Å²) in [7, 11) is 0. The van der Waals surface area contributed by atoms with Crippen molar-refractivity contribution in [2.75, 3.05) is 13.1 Å². The van der Waals surface area contributed by atoms with Gasteiger partial charge in [-0.3, -0.25) is 14.4 Å². The van der Waals surface area contributed by atoms with Crippen LogP contribution in [0.2, 0.25) is 0 Å². The van der Waals surface area contributed by atoms with Crippen LogP contribution in [0.1, 0.15) is 50.5 Å². The van der Waals surface area contributed by atoms with Crippen LogP contribution in [0.4, 0.5) is 0 Å². The number of nitrogens with one attached hydrogen (secondary N) is 1. The van der Waals surface area contributed by atoms with Gasteiger partial charge >= 0.3 is 5.97 Å². The van der Waals surface area contributed by atoms with Crippen LogP contribution in [0.3, 0.4) is 0 Å². The zero-order valence-corrected chi connectivity index (χ0v) is 14.7. The van der Waals surface area contributed by atoms with Crippen molar-refractivity contribution in [3.63, 3.8) is 0 Å². The topological polar surface area (TPSA) is 90.5 Å². The molecule has 26 heavy (non-hydrogen) atoms. The summed E-state index contributed by atoms with van der Waals surface area (Å²) in [5, 5.41) is 9.19. The van der Waals surface area contributed by atoms with E-state index in [0.29, 0.717) is 36.2 Å². The highest BCUT2D eigenvalue weighted by Gasteiger charge is 2.29. The van der Waals surface area contributed by atoms with E-state index in [-0.39, 0.29) is 18.2 Å². The van der Waals surface area contributed by atoms with Gasteiger partial charge in [-0.1, -0.05) is 30.3 Å². The van der Waals surface area contributed by atoms with Crippen molar-refractivity contribution in [2.45, 2.75) is 32.6 Å². The third-order valence-electron chi connectivity index (χ3n) is 4.78. The first-order valence-electron chi connectivity index (χ1n) is 8.77. The fourth-order valence-electron chi connectivity index (χ4n) is 3.47. The Hall–Kier alpha value is -2.89. The SMILES string of the molecule is Cc1c(C(=O)N(CCc2ccccc2)CC(=O)O)[nH]c2c1C(=O)CCC2. The highest BCUT2D eigenvalue weighted by Crippen LogP contribution is 2.27. The number of aliphatic carboxylic acids is 1.